The second kappa shape index (κ2) is 14.2. The molecule has 0 aromatic heterocycles. The van der Waals surface area contributed by atoms with Gasteiger partial charge in [0, 0.05) is 37.2 Å². The minimum Gasteiger partial charge on any atom is -0.391 e. The van der Waals surface area contributed by atoms with Crippen LogP contribution in [0.2, 0.25) is 0 Å². The third-order valence-corrected chi connectivity index (χ3v) is 7.69. The van der Waals surface area contributed by atoms with E-state index in [0.29, 0.717) is 31.9 Å². The molecular formula is C29H37F5N4O7. The molecule has 1 aromatic carbocycles. The van der Waals surface area contributed by atoms with Crippen molar-refractivity contribution in [2.75, 3.05) is 32.8 Å². The molecule has 0 saturated carbocycles. The zero-order chi connectivity index (χ0) is 33.9. The Morgan fingerprint density at radius 1 is 0.867 bits per heavy atom. The fourth-order valence-electron chi connectivity index (χ4n) is 5.06. The summed E-state index contributed by atoms with van der Waals surface area (Å²) in [5, 5.41) is 14.8. The molecule has 0 aliphatic carbocycles. The van der Waals surface area contributed by atoms with Gasteiger partial charge in [-0.15, -0.1) is 0 Å². The SMILES string of the molecule is CC(C)C(NC(=O)c1ccc(C(=O)N2CCOCC2)cc1)C(=O)N1CC(O)CC1C(=O)NC(C(=O)C(F)(F)C(F)(F)F)C(C)C. The molecule has 2 aliphatic rings. The number of nitrogens with zero attached hydrogens (tertiary/aromatic N) is 2. The van der Waals surface area contributed by atoms with E-state index in [2.05, 4.69) is 5.32 Å². The average Bonchev–Trinajstić information content (AvgIpc) is 3.38. The Kier molecular flexibility index (Phi) is 11.3. The molecule has 2 fully saturated rings. The Morgan fingerprint density at radius 2 is 1.40 bits per heavy atom. The van der Waals surface area contributed by atoms with Crippen molar-refractivity contribution in [1.29, 1.82) is 0 Å². The molecule has 2 saturated heterocycles. The van der Waals surface area contributed by atoms with Gasteiger partial charge in [0.25, 0.3) is 11.8 Å². The molecule has 3 rings (SSSR count). The van der Waals surface area contributed by atoms with E-state index in [0.717, 1.165) is 18.7 Å². The van der Waals surface area contributed by atoms with Gasteiger partial charge in [0.2, 0.25) is 17.6 Å². The van der Waals surface area contributed by atoms with Crippen molar-refractivity contribution < 1.29 is 55.8 Å². The van der Waals surface area contributed by atoms with Gasteiger partial charge in [-0.3, -0.25) is 24.0 Å². The largest absolute Gasteiger partial charge is 0.461 e. The number of ketones is 1. The third-order valence-electron chi connectivity index (χ3n) is 7.69. The number of carbonyl (C=O) groups excluding carboxylic acids is 5. The Hall–Kier alpha value is -3.66. The van der Waals surface area contributed by atoms with E-state index in [9.17, 15) is 51.0 Å². The number of alkyl halides is 5. The van der Waals surface area contributed by atoms with Crippen molar-refractivity contribution in [2.24, 2.45) is 11.8 Å². The van der Waals surface area contributed by atoms with Gasteiger partial charge in [0.05, 0.1) is 25.4 Å². The standard InChI is InChI=1S/C29H37F5N4O7/c1-15(2)21(23(40)28(30,31)29(32,33)34)35-25(42)20-13-19(39)14-38(20)27(44)22(16(3)4)36-24(41)17-5-7-18(8-6-17)26(43)37-9-11-45-12-10-37/h5-8,15-16,19-22,39H,9-14H2,1-4H3,(H,35,42)(H,36,41). The van der Waals surface area contributed by atoms with E-state index in [1.165, 1.54) is 24.3 Å². The predicted octanol–water partition coefficient (Wildman–Crippen LogP) is 1.78. The Morgan fingerprint density at radius 3 is 1.91 bits per heavy atom. The number of amides is 4. The third kappa shape index (κ3) is 8.14. The molecular weight excluding hydrogens is 611 g/mol. The normalized spacial score (nSPS) is 20.6. The quantitative estimate of drug-likeness (QED) is 0.328. The molecule has 250 valence electrons. The van der Waals surface area contributed by atoms with Crippen LogP contribution in [0.15, 0.2) is 24.3 Å². The molecule has 0 bridgehead atoms. The summed E-state index contributed by atoms with van der Waals surface area (Å²) >= 11 is 0. The molecule has 11 nitrogen and oxygen atoms in total. The first-order valence-electron chi connectivity index (χ1n) is 14.4. The first kappa shape index (κ1) is 35.8. The topological polar surface area (TPSA) is 145 Å². The molecule has 0 spiro atoms. The van der Waals surface area contributed by atoms with Crippen LogP contribution in [-0.2, 0) is 19.1 Å². The maximum atomic E-state index is 13.8. The van der Waals surface area contributed by atoms with Crippen molar-refractivity contribution in [3.05, 3.63) is 35.4 Å². The summed E-state index contributed by atoms with van der Waals surface area (Å²) in [6.07, 6.45) is -7.83. The monoisotopic (exact) mass is 648 g/mol. The van der Waals surface area contributed by atoms with Gasteiger partial charge < -0.3 is 30.3 Å². The van der Waals surface area contributed by atoms with Crippen molar-refractivity contribution in [1.82, 2.24) is 20.4 Å². The van der Waals surface area contributed by atoms with Crippen LogP contribution in [0.1, 0.15) is 54.8 Å². The lowest BCUT2D eigenvalue weighted by Gasteiger charge is -2.32. The predicted molar refractivity (Wildman–Crippen MR) is 148 cm³/mol. The number of aliphatic hydroxyl groups is 1. The van der Waals surface area contributed by atoms with Crippen LogP contribution >= 0.6 is 0 Å². The number of benzene rings is 1. The highest BCUT2D eigenvalue weighted by atomic mass is 19.4. The lowest BCUT2D eigenvalue weighted by Crippen LogP contribution is -2.60. The first-order valence-corrected chi connectivity index (χ1v) is 14.4. The number of ether oxygens (including phenoxy) is 1. The zero-order valence-corrected chi connectivity index (χ0v) is 25.2. The maximum absolute atomic E-state index is 13.8. The number of β-amino-alcohol motifs (C(OH)–C–C–N with tert-alkyl or cyclic N) is 1. The van der Waals surface area contributed by atoms with E-state index in [1.54, 1.807) is 18.7 Å². The van der Waals surface area contributed by atoms with Crippen LogP contribution in [0.3, 0.4) is 0 Å². The highest BCUT2D eigenvalue weighted by molar-refractivity contribution is 6.01. The number of rotatable bonds is 10. The number of hydrogen-bond donors (Lipinski definition) is 3. The highest BCUT2D eigenvalue weighted by Gasteiger charge is 2.65. The number of likely N-dealkylation sites (tertiary alicyclic amines) is 1. The lowest BCUT2D eigenvalue weighted by atomic mass is 9.95. The van der Waals surface area contributed by atoms with E-state index >= 15 is 0 Å². The van der Waals surface area contributed by atoms with Crippen LogP contribution in [0.5, 0.6) is 0 Å². The lowest BCUT2D eigenvalue weighted by molar-refractivity contribution is -0.270. The van der Waals surface area contributed by atoms with Crippen LogP contribution in [0.25, 0.3) is 0 Å². The molecule has 4 atom stereocenters. The Balaban J connectivity index is 1.74. The number of hydrogen-bond acceptors (Lipinski definition) is 7. The van der Waals surface area contributed by atoms with Crippen LogP contribution in [0.4, 0.5) is 22.0 Å². The zero-order valence-electron chi connectivity index (χ0n) is 25.2. The molecule has 4 amide bonds. The second-order valence-corrected chi connectivity index (χ2v) is 11.7. The maximum Gasteiger partial charge on any atom is 0.461 e. The van der Waals surface area contributed by atoms with Gasteiger partial charge in [-0.05, 0) is 36.1 Å². The summed E-state index contributed by atoms with van der Waals surface area (Å²) in [6.45, 7) is 6.82. The summed E-state index contributed by atoms with van der Waals surface area (Å²) in [4.78, 5) is 67.2. The Bertz CT molecular complexity index is 1270. The molecule has 4 unspecified atom stereocenters. The number of halogens is 5. The first-order chi connectivity index (χ1) is 20.9. The molecule has 16 heteroatoms. The van der Waals surface area contributed by atoms with E-state index < -0.39 is 78.2 Å². The Labute approximate surface area is 256 Å². The van der Waals surface area contributed by atoms with Gasteiger partial charge in [-0.25, -0.2) is 0 Å². The summed E-state index contributed by atoms with van der Waals surface area (Å²) in [5.74, 6) is -13.0. The van der Waals surface area contributed by atoms with Gasteiger partial charge in [-0.2, -0.15) is 22.0 Å². The number of Topliss-reactive ketones (excluding diaryl/α,β-unsaturated/α-hetero) is 1. The average molecular weight is 649 g/mol. The van der Waals surface area contributed by atoms with Gasteiger partial charge in [0.1, 0.15) is 12.1 Å². The fraction of sp³-hybridized carbons (Fsp3) is 0.621. The van der Waals surface area contributed by atoms with Gasteiger partial charge in [0.15, 0.2) is 0 Å². The number of nitrogens with one attached hydrogen (secondary N) is 2. The van der Waals surface area contributed by atoms with Crippen LogP contribution in [0, 0.1) is 11.8 Å². The van der Waals surface area contributed by atoms with Crippen molar-refractivity contribution >= 4 is 29.4 Å². The molecule has 2 aliphatic heterocycles. The second-order valence-electron chi connectivity index (χ2n) is 11.7. The fourth-order valence-corrected chi connectivity index (χ4v) is 5.06. The van der Waals surface area contributed by atoms with E-state index in [-0.39, 0.29) is 17.9 Å². The smallest absolute Gasteiger partial charge is 0.391 e. The van der Waals surface area contributed by atoms with Gasteiger partial charge >= 0.3 is 12.1 Å². The summed E-state index contributed by atoms with van der Waals surface area (Å²) in [6, 6.07) is 0.716. The molecule has 45 heavy (non-hydrogen) atoms. The molecule has 1 aromatic rings. The van der Waals surface area contributed by atoms with Crippen LogP contribution < -0.4 is 10.6 Å². The van der Waals surface area contributed by atoms with Crippen molar-refractivity contribution in [3.63, 3.8) is 0 Å². The van der Waals surface area contributed by atoms with E-state index in [4.69, 9.17) is 4.74 Å². The van der Waals surface area contributed by atoms with Crippen molar-refractivity contribution in [2.45, 2.75) is 70.4 Å². The van der Waals surface area contributed by atoms with Gasteiger partial charge in [-0.1, -0.05) is 27.7 Å². The number of carbonyl (C=O) groups is 5. The molecule has 0 radical (unpaired) electrons. The minimum atomic E-state index is -6.19. The number of morpholine rings is 1. The highest BCUT2D eigenvalue weighted by Crippen LogP contribution is 2.37. The number of aliphatic hydroxyl groups excluding tert-OH is 1. The summed E-state index contributed by atoms with van der Waals surface area (Å²) < 4.78 is 71.5. The minimum absolute atomic E-state index is 0.117. The summed E-state index contributed by atoms with van der Waals surface area (Å²) in [5.41, 5.74) is 0.461. The molecule has 2 heterocycles. The van der Waals surface area contributed by atoms with E-state index in [1.807, 2.05) is 5.32 Å². The summed E-state index contributed by atoms with van der Waals surface area (Å²) in [7, 11) is 0. The van der Waals surface area contributed by atoms with Crippen molar-refractivity contribution in [3.8, 4) is 0 Å². The molecule has 3 N–H and O–H groups in total. The van der Waals surface area contributed by atoms with Crippen LogP contribution in [-0.4, -0.2) is 113 Å².